The molecule has 0 aliphatic carbocycles. The van der Waals surface area contributed by atoms with Gasteiger partial charge in [0.1, 0.15) is 5.60 Å². The first-order chi connectivity index (χ1) is 7.58. The molecular formula is C11H22N2O4. The molecule has 0 bridgehead atoms. The fraction of sp³-hybridized carbons (Fsp3) is 0.818. The fourth-order valence-corrected chi connectivity index (χ4v) is 1.10. The predicted molar refractivity (Wildman–Crippen MR) is 62.8 cm³/mol. The van der Waals surface area contributed by atoms with Crippen LogP contribution in [0, 0.1) is 0 Å². The van der Waals surface area contributed by atoms with Gasteiger partial charge in [0, 0.05) is 6.42 Å². The zero-order valence-corrected chi connectivity index (χ0v) is 10.9. The molecular weight excluding hydrogens is 224 g/mol. The van der Waals surface area contributed by atoms with E-state index < -0.39 is 17.2 Å². The molecule has 0 fully saturated rings. The second-order valence-electron chi connectivity index (χ2n) is 4.97. The molecule has 0 aromatic rings. The lowest BCUT2D eigenvalue weighted by Gasteiger charge is -2.28. The molecule has 6 heteroatoms. The lowest BCUT2D eigenvalue weighted by atomic mass is 10.0. The van der Waals surface area contributed by atoms with Gasteiger partial charge < -0.3 is 20.9 Å². The molecule has 0 saturated carbocycles. The predicted octanol–water partition coefficient (Wildman–Crippen LogP) is 0.285. The molecule has 0 radical (unpaired) electrons. The van der Waals surface area contributed by atoms with Gasteiger partial charge in [-0.25, -0.2) is 4.79 Å². The fourth-order valence-electron chi connectivity index (χ4n) is 1.10. The van der Waals surface area contributed by atoms with Gasteiger partial charge in [-0.05, 0) is 33.6 Å². The standard InChI is InChI=1S/C11H22N2O4/c1-10(2,3)17-9(15)11(12,13)7-5-6-8(14)16-4/h5-7,12-13H2,1-4H3. The number of esters is 2. The molecule has 0 saturated heterocycles. The van der Waals surface area contributed by atoms with Crippen LogP contribution in [-0.2, 0) is 19.1 Å². The third kappa shape index (κ3) is 6.91. The van der Waals surface area contributed by atoms with Crippen LogP contribution in [0.25, 0.3) is 0 Å². The summed E-state index contributed by atoms with van der Waals surface area (Å²) in [5.41, 5.74) is 9.09. The molecule has 0 amide bonds. The lowest BCUT2D eigenvalue weighted by Crippen LogP contribution is -2.58. The Morgan fingerprint density at radius 2 is 1.71 bits per heavy atom. The molecule has 0 unspecified atom stereocenters. The van der Waals surface area contributed by atoms with Crippen molar-refractivity contribution in [3.8, 4) is 0 Å². The van der Waals surface area contributed by atoms with Crippen LogP contribution in [0.15, 0.2) is 0 Å². The highest BCUT2D eigenvalue weighted by molar-refractivity contribution is 5.80. The van der Waals surface area contributed by atoms with Gasteiger partial charge in [0.05, 0.1) is 7.11 Å². The topological polar surface area (TPSA) is 105 Å². The number of rotatable bonds is 5. The van der Waals surface area contributed by atoms with Crippen LogP contribution >= 0.6 is 0 Å². The van der Waals surface area contributed by atoms with E-state index in [-0.39, 0.29) is 18.8 Å². The molecule has 0 atom stereocenters. The maximum Gasteiger partial charge on any atom is 0.341 e. The average Bonchev–Trinajstić information content (AvgIpc) is 2.14. The van der Waals surface area contributed by atoms with Crippen molar-refractivity contribution in [1.29, 1.82) is 0 Å². The van der Waals surface area contributed by atoms with Crippen LogP contribution in [0.3, 0.4) is 0 Å². The van der Waals surface area contributed by atoms with E-state index in [0.717, 1.165) is 0 Å². The van der Waals surface area contributed by atoms with Crippen LogP contribution < -0.4 is 11.5 Å². The van der Waals surface area contributed by atoms with E-state index in [1.807, 2.05) is 0 Å². The van der Waals surface area contributed by atoms with Gasteiger partial charge in [-0.2, -0.15) is 0 Å². The Balaban J connectivity index is 4.19. The Morgan fingerprint density at radius 1 is 1.18 bits per heavy atom. The summed E-state index contributed by atoms with van der Waals surface area (Å²) in [4.78, 5) is 22.5. The van der Waals surface area contributed by atoms with E-state index in [9.17, 15) is 9.59 Å². The average molecular weight is 246 g/mol. The van der Waals surface area contributed by atoms with E-state index in [0.29, 0.717) is 6.42 Å². The van der Waals surface area contributed by atoms with E-state index >= 15 is 0 Å². The van der Waals surface area contributed by atoms with Crippen LogP contribution in [0.5, 0.6) is 0 Å². The zero-order valence-electron chi connectivity index (χ0n) is 10.9. The van der Waals surface area contributed by atoms with E-state index in [1.165, 1.54) is 7.11 Å². The molecule has 0 heterocycles. The first-order valence-electron chi connectivity index (χ1n) is 5.46. The molecule has 0 aliphatic heterocycles. The van der Waals surface area contributed by atoms with Gasteiger partial charge >= 0.3 is 11.9 Å². The number of hydrogen-bond donors (Lipinski definition) is 2. The van der Waals surface area contributed by atoms with E-state index in [2.05, 4.69) is 4.74 Å². The summed E-state index contributed by atoms with van der Waals surface area (Å²) in [6, 6.07) is 0. The molecule has 0 aliphatic rings. The van der Waals surface area contributed by atoms with Crippen molar-refractivity contribution in [1.82, 2.24) is 0 Å². The summed E-state index contributed by atoms with van der Waals surface area (Å²) < 4.78 is 9.55. The van der Waals surface area contributed by atoms with Crippen molar-refractivity contribution in [3.63, 3.8) is 0 Å². The first-order valence-corrected chi connectivity index (χ1v) is 5.46. The number of carbonyl (C=O) groups excluding carboxylic acids is 2. The van der Waals surface area contributed by atoms with Gasteiger partial charge in [-0.1, -0.05) is 0 Å². The summed E-state index contributed by atoms with van der Waals surface area (Å²) in [6.07, 6.45) is 0.714. The quantitative estimate of drug-likeness (QED) is 0.533. The molecule has 6 nitrogen and oxygen atoms in total. The summed E-state index contributed by atoms with van der Waals surface area (Å²) in [6.45, 7) is 5.19. The summed E-state index contributed by atoms with van der Waals surface area (Å²) in [5.74, 6) is -1.03. The Kier molecular flexibility index (Phi) is 5.57. The number of ether oxygens (including phenoxy) is 2. The van der Waals surface area contributed by atoms with Gasteiger partial charge in [0.15, 0.2) is 5.66 Å². The minimum absolute atomic E-state index is 0.164. The minimum Gasteiger partial charge on any atom is -0.469 e. The van der Waals surface area contributed by atoms with Crippen molar-refractivity contribution in [2.45, 2.75) is 51.3 Å². The smallest absolute Gasteiger partial charge is 0.341 e. The molecule has 17 heavy (non-hydrogen) atoms. The Morgan fingerprint density at radius 3 is 2.12 bits per heavy atom. The van der Waals surface area contributed by atoms with Crippen molar-refractivity contribution < 1.29 is 19.1 Å². The maximum absolute atomic E-state index is 11.6. The highest BCUT2D eigenvalue weighted by Crippen LogP contribution is 2.14. The van der Waals surface area contributed by atoms with Crippen molar-refractivity contribution in [2.75, 3.05) is 7.11 Å². The van der Waals surface area contributed by atoms with Gasteiger partial charge in [-0.15, -0.1) is 0 Å². The maximum atomic E-state index is 11.6. The van der Waals surface area contributed by atoms with Crippen LogP contribution in [0.1, 0.15) is 40.0 Å². The van der Waals surface area contributed by atoms with E-state index in [1.54, 1.807) is 20.8 Å². The number of carbonyl (C=O) groups is 2. The molecule has 0 aromatic carbocycles. The minimum atomic E-state index is -1.57. The third-order valence-electron chi connectivity index (χ3n) is 1.98. The second-order valence-corrected chi connectivity index (χ2v) is 4.97. The second kappa shape index (κ2) is 5.97. The molecule has 0 aromatic heterocycles. The van der Waals surface area contributed by atoms with Crippen LogP contribution in [-0.4, -0.2) is 30.3 Å². The van der Waals surface area contributed by atoms with Crippen molar-refractivity contribution in [2.24, 2.45) is 11.5 Å². The Hall–Kier alpha value is -1.14. The highest BCUT2D eigenvalue weighted by atomic mass is 16.6. The van der Waals surface area contributed by atoms with E-state index in [4.69, 9.17) is 16.2 Å². The Labute approximate surface area is 102 Å². The largest absolute Gasteiger partial charge is 0.469 e. The van der Waals surface area contributed by atoms with Crippen molar-refractivity contribution in [3.05, 3.63) is 0 Å². The zero-order chi connectivity index (χ0) is 13.7. The normalized spacial score (nSPS) is 12.1. The van der Waals surface area contributed by atoms with Crippen molar-refractivity contribution >= 4 is 11.9 Å². The van der Waals surface area contributed by atoms with Gasteiger partial charge in [0.25, 0.3) is 0 Å². The third-order valence-corrected chi connectivity index (χ3v) is 1.98. The number of hydrogen-bond acceptors (Lipinski definition) is 6. The first kappa shape index (κ1) is 15.9. The molecule has 0 spiro atoms. The monoisotopic (exact) mass is 246 g/mol. The van der Waals surface area contributed by atoms with Crippen LogP contribution in [0.4, 0.5) is 0 Å². The number of methoxy groups -OCH3 is 1. The number of nitrogens with two attached hydrogens (primary N) is 2. The summed E-state index contributed by atoms with van der Waals surface area (Å²) >= 11 is 0. The SMILES string of the molecule is COC(=O)CCCC(N)(N)C(=O)OC(C)(C)C. The molecule has 4 N–H and O–H groups in total. The van der Waals surface area contributed by atoms with Gasteiger partial charge in [-0.3, -0.25) is 4.79 Å². The molecule has 0 rings (SSSR count). The Bertz CT molecular complexity index is 282. The summed E-state index contributed by atoms with van der Waals surface area (Å²) in [5, 5.41) is 0. The lowest BCUT2D eigenvalue weighted by molar-refractivity contribution is -0.162. The summed E-state index contributed by atoms with van der Waals surface area (Å²) in [7, 11) is 1.30. The molecule has 100 valence electrons. The van der Waals surface area contributed by atoms with Gasteiger partial charge in [0.2, 0.25) is 0 Å². The highest BCUT2D eigenvalue weighted by Gasteiger charge is 2.33. The van der Waals surface area contributed by atoms with Crippen LogP contribution in [0.2, 0.25) is 0 Å².